The third-order valence-electron chi connectivity index (χ3n) is 6.12. The fourth-order valence-corrected chi connectivity index (χ4v) is 5.49. The fraction of sp³-hybridized carbons (Fsp3) is 0.286. The quantitative estimate of drug-likeness (QED) is 0.338. The Bertz CT molecular complexity index is 1440. The van der Waals surface area contributed by atoms with E-state index in [1.165, 1.54) is 49.5 Å². The van der Waals surface area contributed by atoms with E-state index in [9.17, 15) is 22.4 Å². The summed E-state index contributed by atoms with van der Waals surface area (Å²) in [5.41, 5.74) is 0.742. The maximum Gasteiger partial charge on any atom is 0.264 e. The summed E-state index contributed by atoms with van der Waals surface area (Å²) in [7, 11) is -1.59. The van der Waals surface area contributed by atoms with Gasteiger partial charge in [-0.1, -0.05) is 23.7 Å². The lowest BCUT2D eigenvalue weighted by molar-refractivity contribution is -0.139. The molecule has 3 aromatic rings. The molecule has 9 nitrogen and oxygen atoms in total. The average molecular weight is 592 g/mol. The Morgan fingerprint density at radius 1 is 0.975 bits per heavy atom. The van der Waals surface area contributed by atoms with Gasteiger partial charge in [0.15, 0.2) is 11.5 Å². The molecule has 0 aromatic heterocycles. The number of halogens is 2. The van der Waals surface area contributed by atoms with E-state index in [-0.39, 0.29) is 22.9 Å². The topological polar surface area (TPSA) is 105 Å². The Morgan fingerprint density at radius 3 is 2.17 bits per heavy atom. The molecule has 0 bridgehead atoms. The lowest BCUT2D eigenvalue weighted by atomic mass is 10.1. The number of hydrogen-bond donors (Lipinski definition) is 1. The standard InChI is InChI=1S/C28H31ClFN3O6S/c1-5-31-28(35)19(2)32(17-20-6-8-21(29)9-7-20)27(34)18-33(23-12-10-22(30)11-13-23)40(36,37)24-14-15-25(38-3)26(16-24)39-4/h6-16,19H,5,17-18H2,1-4H3,(H,31,35). The number of rotatable bonds is 12. The third kappa shape index (κ3) is 7.22. The van der Waals surface area contributed by atoms with Crippen molar-refractivity contribution in [1.29, 1.82) is 0 Å². The van der Waals surface area contributed by atoms with Crippen LogP contribution in [0.4, 0.5) is 10.1 Å². The second-order valence-corrected chi connectivity index (χ2v) is 11.0. The first kappa shape index (κ1) is 30.7. The van der Waals surface area contributed by atoms with Crippen LogP contribution >= 0.6 is 11.6 Å². The Kier molecular flexibility index (Phi) is 10.4. The van der Waals surface area contributed by atoms with Gasteiger partial charge in [0.25, 0.3) is 10.0 Å². The molecule has 1 atom stereocenters. The molecule has 40 heavy (non-hydrogen) atoms. The summed E-state index contributed by atoms with van der Waals surface area (Å²) >= 11 is 6.00. The molecule has 2 amide bonds. The molecule has 3 rings (SSSR count). The van der Waals surface area contributed by atoms with Crippen molar-refractivity contribution < 1.29 is 31.9 Å². The van der Waals surface area contributed by atoms with Gasteiger partial charge in [-0.05, 0) is 67.9 Å². The molecule has 0 aliphatic carbocycles. The SMILES string of the molecule is CCNC(=O)C(C)N(Cc1ccc(Cl)cc1)C(=O)CN(c1ccc(F)cc1)S(=O)(=O)c1ccc(OC)c(OC)c1. The number of carbonyl (C=O) groups excluding carboxylic acids is 2. The second kappa shape index (κ2) is 13.5. The van der Waals surface area contributed by atoms with Crippen molar-refractivity contribution in [3.63, 3.8) is 0 Å². The Hall–Kier alpha value is -3.83. The van der Waals surface area contributed by atoms with Crippen LogP contribution in [-0.2, 0) is 26.2 Å². The highest BCUT2D eigenvalue weighted by molar-refractivity contribution is 7.92. The summed E-state index contributed by atoms with van der Waals surface area (Å²) in [6.45, 7) is 3.01. The number of nitrogens with one attached hydrogen (secondary N) is 1. The van der Waals surface area contributed by atoms with Crippen LogP contribution in [0.1, 0.15) is 19.4 Å². The number of likely N-dealkylation sites (N-methyl/N-ethyl adjacent to an activating group) is 1. The van der Waals surface area contributed by atoms with Crippen LogP contribution in [0.3, 0.4) is 0 Å². The number of anilines is 1. The maximum absolute atomic E-state index is 13.9. The summed E-state index contributed by atoms with van der Waals surface area (Å²) in [4.78, 5) is 27.7. The maximum atomic E-state index is 13.9. The predicted octanol–water partition coefficient (Wildman–Crippen LogP) is 4.25. The predicted molar refractivity (Wildman–Crippen MR) is 151 cm³/mol. The van der Waals surface area contributed by atoms with Gasteiger partial charge in [0, 0.05) is 24.2 Å². The molecular weight excluding hydrogens is 561 g/mol. The van der Waals surface area contributed by atoms with E-state index in [1.807, 2.05) is 0 Å². The van der Waals surface area contributed by atoms with Crippen LogP contribution < -0.4 is 19.1 Å². The molecule has 12 heteroatoms. The molecule has 0 spiro atoms. The first-order chi connectivity index (χ1) is 19.0. The normalized spacial score (nSPS) is 11.8. The summed E-state index contributed by atoms with van der Waals surface area (Å²) < 4.78 is 52.9. The first-order valence-corrected chi connectivity index (χ1v) is 14.2. The van der Waals surface area contributed by atoms with Crippen molar-refractivity contribution in [1.82, 2.24) is 10.2 Å². The van der Waals surface area contributed by atoms with Crippen molar-refractivity contribution in [2.75, 3.05) is 31.6 Å². The Morgan fingerprint density at radius 2 is 1.60 bits per heavy atom. The molecule has 0 saturated carbocycles. The third-order valence-corrected chi connectivity index (χ3v) is 8.14. The van der Waals surface area contributed by atoms with E-state index in [0.717, 1.165) is 16.4 Å². The van der Waals surface area contributed by atoms with Crippen molar-refractivity contribution in [3.05, 3.63) is 83.1 Å². The number of amides is 2. The van der Waals surface area contributed by atoms with E-state index in [4.69, 9.17) is 21.1 Å². The summed E-state index contributed by atoms with van der Waals surface area (Å²) in [6, 6.07) is 14.6. The van der Waals surface area contributed by atoms with E-state index in [2.05, 4.69) is 5.32 Å². The molecule has 214 valence electrons. The van der Waals surface area contributed by atoms with Crippen molar-refractivity contribution in [2.24, 2.45) is 0 Å². The second-order valence-electron chi connectivity index (χ2n) is 8.72. The van der Waals surface area contributed by atoms with E-state index in [1.54, 1.807) is 38.1 Å². The highest BCUT2D eigenvalue weighted by Gasteiger charge is 2.33. The van der Waals surface area contributed by atoms with Crippen LogP contribution in [0.25, 0.3) is 0 Å². The van der Waals surface area contributed by atoms with Gasteiger partial charge in [-0.15, -0.1) is 0 Å². The number of nitrogens with zero attached hydrogens (tertiary/aromatic N) is 2. The van der Waals surface area contributed by atoms with Crippen LogP contribution in [-0.4, -0.2) is 58.5 Å². The largest absolute Gasteiger partial charge is 0.493 e. The summed E-state index contributed by atoms with van der Waals surface area (Å²) in [5.74, 6) is -1.14. The van der Waals surface area contributed by atoms with Gasteiger partial charge in [0.05, 0.1) is 24.8 Å². The molecule has 0 heterocycles. The summed E-state index contributed by atoms with van der Waals surface area (Å²) in [6.07, 6.45) is 0. The van der Waals surface area contributed by atoms with Gasteiger partial charge in [0.1, 0.15) is 18.4 Å². The molecule has 0 fully saturated rings. The smallest absolute Gasteiger partial charge is 0.264 e. The number of methoxy groups -OCH3 is 2. The molecular formula is C28H31ClFN3O6S. The molecule has 0 radical (unpaired) electrons. The number of benzene rings is 3. The van der Waals surface area contributed by atoms with Gasteiger partial charge in [0.2, 0.25) is 11.8 Å². The van der Waals surface area contributed by atoms with Crippen LogP contribution in [0.2, 0.25) is 5.02 Å². The Labute approximate surface area is 238 Å². The van der Waals surface area contributed by atoms with Crippen LogP contribution in [0.5, 0.6) is 11.5 Å². The molecule has 1 N–H and O–H groups in total. The lowest BCUT2D eigenvalue weighted by Crippen LogP contribution is -2.51. The zero-order valence-electron chi connectivity index (χ0n) is 22.6. The molecule has 0 aliphatic heterocycles. The van der Waals surface area contributed by atoms with Crippen LogP contribution in [0.15, 0.2) is 71.6 Å². The van der Waals surface area contributed by atoms with E-state index < -0.39 is 40.2 Å². The fourth-order valence-electron chi connectivity index (χ4n) is 3.93. The number of sulfonamides is 1. The zero-order valence-corrected chi connectivity index (χ0v) is 24.1. The highest BCUT2D eigenvalue weighted by Crippen LogP contribution is 2.32. The number of carbonyl (C=O) groups is 2. The summed E-state index contributed by atoms with van der Waals surface area (Å²) in [5, 5.41) is 3.19. The van der Waals surface area contributed by atoms with Crippen molar-refractivity contribution >= 4 is 39.1 Å². The monoisotopic (exact) mass is 591 g/mol. The van der Waals surface area contributed by atoms with Crippen molar-refractivity contribution in [2.45, 2.75) is 31.3 Å². The number of ether oxygens (including phenoxy) is 2. The minimum atomic E-state index is -4.38. The van der Waals surface area contributed by atoms with E-state index >= 15 is 0 Å². The van der Waals surface area contributed by atoms with Gasteiger partial charge in [-0.3, -0.25) is 13.9 Å². The van der Waals surface area contributed by atoms with Gasteiger partial charge in [-0.25, -0.2) is 12.8 Å². The zero-order chi connectivity index (χ0) is 29.4. The van der Waals surface area contributed by atoms with E-state index in [0.29, 0.717) is 22.9 Å². The minimum Gasteiger partial charge on any atom is -0.493 e. The molecule has 3 aromatic carbocycles. The van der Waals surface area contributed by atoms with Crippen LogP contribution in [0, 0.1) is 5.82 Å². The van der Waals surface area contributed by atoms with Gasteiger partial charge < -0.3 is 19.7 Å². The number of hydrogen-bond acceptors (Lipinski definition) is 6. The molecule has 0 saturated heterocycles. The molecule has 0 aliphatic rings. The minimum absolute atomic E-state index is 0.0158. The van der Waals surface area contributed by atoms with Gasteiger partial charge in [-0.2, -0.15) is 0 Å². The highest BCUT2D eigenvalue weighted by atomic mass is 35.5. The van der Waals surface area contributed by atoms with Crippen molar-refractivity contribution in [3.8, 4) is 11.5 Å². The Balaban J connectivity index is 2.06. The lowest BCUT2D eigenvalue weighted by Gasteiger charge is -2.32. The average Bonchev–Trinajstić information content (AvgIpc) is 2.95. The van der Waals surface area contributed by atoms with Gasteiger partial charge >= 0.3 is 0 Å². The first-order valence-electron chi connectivity index (χ1n) is 12.3. The molecule has 1 unspecified atom stereocenters.